The Morgan fingerprint density at radius 1 is 1.10 bits per heavy atom. The first-order valence-corrected chi connectivity index (χ1v) is 8.12. The molecule has 2 aliphatic rings. The van der Waals surface area contributed by atoms with E-state index in [1.54, 1.807) is 0 Å². The van der Waals surface area contributed by atoms with Gasteiger partial charge in [-0.3, -0.25) is 4.90 Å². The van der Waals surface area contributed by atoms with E-state index in [9.17, 15) is 0 Å². The first kappa shape index (κ1) is 16.2. The number of hydrogen-bond donors (Lipinski definition) is 2. The van der Waals surface area contributed by atoms with Crippen LogP contribution in [-0.2, 0) is 4.74 Å². The number of aliphatic hydroxyl groups excluding tert-OH is 1. The van der Waals surface area contributed by atoms with Crippen molar-refractivity contribution in [2.75, 3.05) is 72.2 Å². The van der Waals surface area contributed by atoms with E-state index < -0.39 is 0 Å². The van der Waals surface area contributed by atoms with E-state index in [1.807, 2.05) is 0 Å². The molecule has 2 saturated heterocycles. The Kier molecular flexibility index (Phi) is 6.71. The lowest BCUT2D eigenvalue weighted by molar-refractivity contribution is -0.0129. The fraction of sp³-hybridized carbons (Fsp3) is 1.00. The zero-order chi connectivity index (χ0) is 14.3. The minimum atomic E-state index is 0.279. The molecule has 0 spiro atoms. The molecule has 0 amide bonds. The zero-order valence-electron chi connectivity index (χ0n) is 12.9. The number of nitrogens with one attached hydrogen (secondary N) is 1. The van der Waals surface area contributed by atoms with Gasteiger partial charge in [-0.15, -0.1) is 0 Å². The number of piperazine rings is 1. The molecule has 0 aliphatic carbocycles. The first-order chi connectivity index (χ1) is 9.78. The van der Waals surface area contributed by atoms with Crippen molar-refractivity contribution in [2.24, 2.45) is 5.41 Å². The summed E-state index contributed by atoms with van der Waals surface area (Å²) in [6.45, 7) is 12.9. The predicted octanol–water partition coefficient (Wildman–Crippen LogP) is 0.00260. The van der Waals surface area contributed by atoms with Crippen molar-refractivity contribution in [1.82, 2.24) is 15.1 Å². The lowest BCUT2D eigenvalue weighted by Crippen LogP contribution is -2.53. The first-order valence-electron chi connectivity index (χ1n) is 8.12. The normalized spacial score (nSPS) is 24.9. The van der Waals surface area contributed by atoms with Gasteiger partial charge in [-0.1, -0.05) is 6.92 Å². The van der Waals surface area contributed by atoms with Crippen LogP contribution in [0.1, 0.15) is 19.8 Å². The Labute approximate surface area is 123 Å². The lowest BCUT2D eigenvalue weighted by atomic mass is 9.79. The summed E-state index contributed by atoms with van der Waals surface area (Å²) in [5.74, 6) is 0. The number of rotatable bonds is 7. The van der Waals surface area contributed by atoms with E-state index in [1.165, 1.54) is 19.4 Å². The molecule has 0 aromatic carbocycles. The van der Waals surface area contributed by atoms with Crippen molar-refractivity contribution in [3.8, 4) is 0 Å². The zero-order valence-corrected chi connectivity index (χ0v) is 12.9. The maximum Gasteiger partial charge on any atom is 0.0558 e. The van der Waals surface area contributed by atoms with Gasteiger partial charge in [-0.25, -0.2) is 0 Å². The van der Waals surface area contributed by atoms with Crippen molar-refractivity contribution >= 4 is 0 Å². The monoisotopic (exact) mass is 285 g/mol. The van der Waals surface area contributed by atoms with E-state index in [0.717, 1.165) is 59.0 Å². The van der Waals surface area contributed by atoms with Crippen LogP contribution in [0.4, 0.5) is 0 Å². The summed E-state index contributed by atoms with van der Waals surface area (Å²) in [6.07, 6.45) is 2.35. The summed E-state index contributed by atoms with van der Waals surface area (Å²) in [4.78, 5) is 4.97. The van der Waals surface area contributed by atoms with Crippen LogP contribution < -0.4 is 5.32 Å². The molecule has 118 valence electrons. The van der Waals surface area contributed by atoms with Crippen molar-refractivity contribution in [2.45, 2.75) is 19.8 Å². The fourth-order valence-electron chi connectivity index (χ4n) is 3.37. The quantitative estimate of drug-likeness (QED) is 0.690. The van der Waals surface area contributed by atoms with Gasteiger partial charge in [0.1, 0.15) is 0 Å². The molecule has 0 aromatic heterocycles. The number of β-amino-alcohol motifs (C(OH)–C–C–N with tert-alkyl or cyclic N) is 1. The Bertz CT molecular complexity index is 262. The summed E-state index contributed by atoms with van der Waals surface area (Å²) in [7, 11) is 0. The van der Waals surface area contributed by atoms with Gasteiger partial charge in [0.2, 0.25) is 0 Å². The van der Waals surface area contributed by atoms with E-state index in [4.69, 9.17) is 9.84 Å². The Morgan fingerprint density at radius 2 is 1.75 bits per heavy atom. The Morgan fingerprint density at radius 3 is 2.35 bits per heavy atom. The Balaban J connectivity index is 1.82. The average molecular weight is 285 g/mol. The van der Waals surface area contributed by atoms with Crippen molar-refractivity contribution < 1.29 is 9.84 Å². The molecule has 0 aromatic rings. The average Bonchev–Trinajstić information content (AvgIpc) is 2.49. The second kappa shape index (κ2) is 8.29. The highest BCUT2D eigenvalue weighted by molar-refractivity contribution is 4.88. The minimum absolute atomic E-state index is 0.279. The second-order valence-corrected chi connectivity index (χ2v) is 6.23. The smallest absolute Gasteiger partial charge is 0.0558 e. The van der Waals surface area contributed by atoms with Gasteiger partial charge in [-0.2, -0.15) is 0 Å². The number of aliphatic hydroxyl groups is 1. The van der Waals surface area contributed by atoms with Gasteiger partial charge in [0, 0.05) is 59.0 Å². The van der Waals surface area contributed by atoms with E-state index in [-0.39, 0.29) is 6.61 Å². The molecule has 2 rings (SSSR count). The molecule has 0 bridgehead atoms. The summed E-state index contributed by atoms with van der Waals surface area (Å²) >= 11 is 0. The summed E-state index contributed by atoms with van der Waals surface area (Å²) in [6, 6.07) is 0. The second-order valence-electron chi connectivity index (χ2n) is 6.23. The fourth-order valence-corrected chi connectivity index (χ4v) is 3.37. The predicted molar refractivity (Wildman–Crippen MR) is 81.0 cm³/mol. The van der Waals surface area contributed by atoms with Crippen LogP contribution in [0.3, 0.4) is 0 Å². The third-order valence-electron chi connectivity index (χ3n) is 4.74. The van der Waals surface area contributed by atoms with Crippen molar-refractivity contribution in [1.29, 1.82) is 0 Å². The van der Waals surface area contributed by atoms with Gasteiger partial charge < -0.3 is 20.1 Å². The van der Waals surface area contributed by atoms with Crippen LogP contribution in [-0.4, -0.2) is 87.1 Å². The van der Waals surface area contributed by atoms with Crippen molar-refractivity contribution in [3.63, 3.8) is 0 Å². The molecule has 2 N–H and O–H groups in total. The SMILES string of the molecule is CCNCC1(CN2CCN(CCO)CC2)CCOCC1. The molecule has 2 aliphatic heterocycles. The molecule has 5 nitrogen and oxygen atoms in total. The summed E-state index contributed by atoms with van der Waals surface area (Å²) < 4.78 is 5.56. The van der Waals surface area contributed by atoms with Crippen LogP contribution >= 0.6 is 0 Å². The molecule has 5 heteroatoms. The van der Waals surface area contributed by atoms with Gasteiger partial charge in [0.15, 0.2) is 0 Å². The maximum atomic E-state index is 9.01. The highest BCUT2D eigenvalue weighted by Crippen LogP contribution is 2.31. The van der Waals surface area contributed by atoms with Gasteiger partial charge >= 0.3 is 0 Å². The van der Waals surface area contributed by atoms with E-state index >= 15 is 0 Å². The summed E-state index contributed by atoms with van der Waals surface area (Å²) in [5, 5.41) is 12.6. The van der Waals surface area contributed by atoms with Crippen LogP contribution in [0, 0.1) is 5.41 Å². The minimum Gasteiger partial charge on any atom is -0.395 e. The van der Waals surface area contributed by atoms with Gasteiger partial charge in [0.25, 0.3) is 0 Å². The molecule has 0 saturated carbocycles. The van der Waals surface area contributed by atoms with E-state index in [0.29, 0.717) is 5.41 Å². The van der Waals surface area contributed by atoms with Gasteiger partial charge in [-0.05, 0) is 24.8 Å². The maximum absolute atomic E-state index is 9.01. The molecular weight excluding hydrogens is 254 g/mol. The molecule has 2 fully saturated rings. The van der Waals surface area contributed by atoms with Crippen LogP contribution in [0.15, 0.2) is 0 Å². The third-order valence-corrected chi connectivity index (χ3v) is 4.74. The molecular formula is C15H31N3O2. The lowest BCUT2D eigenvalue weighted by Gasteiger charge is -2.44. The van der Waals surface area contributed by atoms with Crippen LogP contribution in [0.5, 0.6) is 0 Å². The Hall–Kier alpha value is -0.200. The number of hydrogen-bond acceptors (Lipinski definition) is 5. The van der Waals surface area contributed by atoms with Crippen LogP contribution in [0.2, 0.25) is 0 Å². The molecule has 0 unspecified atom stereocenters. The highest BCUT2D eigenvalue weighted by Gasteiger charge is 2.34. The van der Waals surface area contributed by atoms with Crippen molar-refractivity contribution in [3.05, 3.63) is 0 Å². The highest BCUT2D eigenvalue weighted by atomic mass is 16.5. The third kappa shape index (κ3) is 4.67. The standard InChI is InChI=1S/C15H31N3O2/c1-2-16-13-15(3-11-20-12-4-15)14-18-7-5-17(6-8-18)9-10-19/h16,19H,2-14H2,1H3. The molecule has 0 radical (unpaired) electrons. The van der Waals surface area contributed by atoms with E-state index in [2.05, 4.69) is 22.0 Å². The molecule has 20 heavy (non-hydrogen) atoms. The van der Waals surface area contributed by atoms with Gasteiger partial charge in [0.05, 0.1) is 6.61 Å². The largest absolute Gasteiger partial charge is 0.395 e. The molecule has 0 atom stereocenters. The summed E-state index contributed by atoms with van der Waals surface area (Å²) in [5.41, 5.74) is 0.396. The number of nitrogens with zero attached hydrogens (tertiary/aromatic N) is 2. The molecule has 2 heterocycles. The number of ether oxygens (including phenoxy) is 1. The van der Waals surface area contributed by atoms with Crippen LogP contribution in [0.25, 0.3) is 0 Å². The topological polar surface area (TPSA) is 48.0 Å².